The molecule has 0 heterocycles. The maximum atomic E-state index is 12.1. The Morgan fingerprint density at radius 3 is 2.20 bits per heavy atom. The van der Waals surface area contributed by atoms with E-state index < -0.39 is 37.5 Å². The normalized spacial score (nSPS) is 10.3. The van der Waals surface area contributed by atoms with Crippen LogP contribution in [0.2, 0.25) is 0 Å². The number of anilines is 1. The summed E-state index contributed by atoms with van der Waals surface area (Å²) >= 11 is 0. The standard InChI is InChI=1S/C20H20F2N2O6/c1-2-28-15-7-3-13(4-8-15)19(27)23-11-18(26)29-12-17(25)24-14-5-9-16(10-6-14)30-20(21)22/h3-10,20H,2,11-12H2,1H3,(H,23,27)(H,24,25). The van der Waals surface area contributed by atoms with Crippen LogP contribution in [0.1, 0.15) is 17.3 Å². The zero-order chi connectivity index (χ0) is 21.9. The molecule has 2 rings (SSSR count). The van der Waals surface area contributed by atoms with Crippen LogP contribution in [0.25, 0.3) is 0 Å². The molecule has 2 amide bonds. The molecule has 0 saturated heterocycles. The third-order valence-corrected chi connectivity index (χ3v) is 3.55. The first-order valence-electron chi connectivity index (χ1n) is 8.88. The zero-order valence-electron chi connectivity index (χ0n) is 16.0. The number of rotatable bonds is 10. The first-order valence-corrected chi connectivity index (χ1v) is 8.88. The molecular formula is C20H20F2N2O6. The number of carbonyl (C=O) groups excluding carboxylic acids is 3. The molecule has 0 aromatic heterocycles. The molecule has 0 spiro atoms. The van der Waals surface area contributed by atoms with Crippen LogP contribution in [0.4, 0.5) is 14.5 Å². The number of alkyl halides is 2. The predicted molar refractivity (Wildman–Crippen MR) is 103 cm³/mol. The lowest BCUT2D eigenvalue weighted by molar-refractivity contribution is -0.146. The van der Waals surface area contributed by atoms with Crippen LogP contribution in [0, 0.1) is 0 Å². The van der Waals surface area contributed by atoms with Crippen molar-refractivity contribution in [1.29, 1.82) is 0 Å². The number of hydrogen-bond acceptors (Lipinski definition) is 6. The molecule has 0 fully saturated rings. The van der Waals surface area contributed by atoms with Crippen molar-refractivity contribution >= 4 is 23.5 Å². The number of carbonyl (C=O) groups is 3. The molecule has 2 aromatic carbocycles. The number of benzene rings is 2. The fourth-order valence-electron chi connectivity index (χ4n) is 2.24. The lowest BCUT2D eigenvalue weighted by atomic mass is 10.2. The summed E-state index contributed by atoms with van der Waals surface area (Å²) in [7, 11) is 0. The number of nitrogens with one attached hydrogen (secondary N) is 2. The zero-order valence-corrected chi connectivity index (χ0v) is 16.0. The van der Waals surface area contributed by atoms with Gasteiger partial charge in [-0.3, -0.25) is 14.4 Å². The van der Waals surface area contributed by atoms with Crippen molar-refractivity contribution in [2.75, 3.05) is 25.1 Å². The van der Waals surface area contributed by atoms with Crippen molar-refractivity contribution < 1.29 is 37.4 Å². The number of hydrogen-bond donors (Lipinski definition) is 2. The van der Waals surface area contributed by atoms with Gasteiger partial charge in [-0.05, 0) is 55.5 Å². The van der Waals surface area contributed by atoms with Gasteiger partial charge in [-0.25, -0.2) is 0 Å². The molecule has 0 aliphatic carbocycles. The monoisotopic (exact) mass is 422 g/mol. The van der Waals surface area contributed by atoms with Gasteiger partial charge in [-0.2, -0.15) is 8.78 Å². The van der Waals surface area contributed by atoms with Gasteiger partial charge in [0.1, 0.15) is 18.0 Å². The Hall–Kier alpha value is -3.69. The molecule has 8 nitrogen and oxygen atoms in total. The van der Waals surface area contributed by atoms with Gasteiger partial charge in [0.2, 0.25) is 0 Å². The van der Waals surface area contributed by atoms with E-state index in [4.69, 9.17) is 9.47 Å². The second kappa shape index (κ2) is 11.3. The summed E-state index contributed by atoms with van der Waals surface area (Å²) < 4.78 is 38.4. The van der Waals surface area contributed by atoms with E-state index in [1.165, 1.54) is 24.3 Å². The summed E-state index contributed by atoms with van der Waals surface area (Å²) in [5.74, 6) is -1.35. The molecule has 0 aliphatic heterocycles. The van der Waals surface area contributed by atoms with Crippen molar-refractivity contribution in [3.05, 3.63) is 54.1 Å². The molecule has 0 unspecified atom stereocenters. The average molecular weight is 422 g/mol. The minimum absolute atomic E-state index is 0.0577. The van der Waals surface area contributed by atoms with Crippen molar-refractivity contribution in [2.24, 2.45) is 0 Å². The number of amides is 2. The molecule has 2 N–H and O–H groups in total. The Labute approximate surface area is 171 Å². The summed E-state index contributed by atoms with van der Waals surface area (Å²) in [6.07, 6.45) is 0. The Kier molecular flexibility index (Phi) is 8.55. The highest BCUT2D eigenvalue weighted by molar-refractivity contribution is 5.96. The Morgan fingerprint density at radius 2 is 1.60 bits per heavy atom. The van der Waals surface area contributed by atoms with Gasteiger partial charge >= 0.3 is 12.6 Å². The molecule has 2 aromatic rings. The van der Waals surface area contributed by atoms with Crippen LogP contribution in [0.5, 0.6) is 11.5 Å². The van der Waals surface area contributed by atoms with E-state index in [2.05, 4.69) is 15.4 Å². The Balaban J connectivity index is 1.70. The van der Waals surface area contributed by atoms with Crippen LogP contribution >= 0.6 is 0 Å². The van der Waals surface area contributed by atoms with E-state index in [0.717, 1.165) is 0 Å². The third-order valence-electron chi connectivity index (χ3n) is 3.55. The molecule has 160 valence electrons. The second-order valence-electron chi connectivity index (χ2n) is 5.75. The highest BCUT2D eigenvalue weighted by Gasteiger charge is 2.11. The average Bonchev–Trinajstić information content (AvgIpc) is 2.72. The summed E-state index contributed by atoms with van der Waals surface area (Å²) in [5.41, 5.74) is 0.643. The van der Waals surface area contributed by atoms with E-state index in [9.17, 15) is 23.2 Å². The number of halogens is 2. The SMILES string of the molecule is CCOc1ccc(C(=O)NCC(=O)OCC(=O)Nc2ccc(OC(F)F)cc2)cc1. The summed E-state index contributed by atoms with van der Waals surface area (Å²) in [6, 6.07) is 11.6. The van der Waals surface area contributed by atoms with Crippen molar-refractivity contribution in [3.8, 4) is 11.5 Å². The van der Waals surface area contributed by atoms with E-state index in [0.29, 0.717) is 23.6 Å². The van der Waals surface area contributed by atoms with Gasteiger partial charge < -0.3 is 24.8 Å². The minimum Gasteiger partial charge on any atom is -0.494 e. The minimum atomic E-state index is -2.94. The largest absolute Gasteiger partial charge is 0.494 e. The van der Waals surface area contributed by atoms with Gasteiger partial charge in [-0.15, -0.1) is 0 Å². The van der Waals surface area contributed by atoms with Crippen LogP contribution in [0.3, 0.4) is 0 Å². The van der Waals surface area contributed by atoms with Crippen LogP contribution in [-0.2, 0) is 14.3 Å². The Morgan fingerprint density at radius 1 is 0.967 bits per heavy atom. The highest BCUT2D eigenvalue weighted by Crippen LogP contribution is 2.17. The molecule has 0 radical (unpaired) electrons. The van der Waals surface area contributed by atoms with Gasteiger partial charge in [0.25, 0.3) is 11.8 Å². The summed E-state index contributed by atoms with van der Waals surface area (Å²) in [6.45, 7) is -1.59. The molecule has 10 heteroatoms. The summed E-state index contributed by atoms with van der Waals surface area (Å²) in [4.78, 5) is 35.5. The van der Waals surface area contributed by atoms with Gasteiger partial charge in [0.05, 0.1) is 6.61 Å². The van der Waals surface area contributed by atoms with Crippen LogP contribution in [0.15, 0.2) is 48.5 Å². The van der Waals surface area contributed by atoms with E-state index >= 15 is 0 Å². The number of ether oxygens (including phenoxy) is 3. The van der Waals surface area contributed by atoms with E-state index in [-0.39, 0.29) is 5.75 Å². The maximum Gasteiger partial charge on any atom is 0.387 e. The predicted octanol–water partition coefficient (Wildman–Crippen LogP) is 2.60. The maximum absolute atomic E-state index is 12.1. The molecule has 0 aliphatic rings. The fraction of sp³-hybridized carbons (Fsp3) is 0.250. The molecule has 30 heavy (non-hydrogen) atoms. The highest BCUT2D eigenvalue weighted by atomic mass is 19.3. The third kappa shape index (κ3) is 7.74. The topological polar surface area (TPSA) is 103 Å². The smallest absolute Gasteiger partial charge is 0.387 e. The lowest BCUT2D eigenvalue weighted by Gasteiger charge is -2.09. The first-order chi connectivity index (χ1) is 14.4. The van der Waals surface area contributed by atoms with Crippen LogP contribution < -0.4 is 20.1 Å². The molecule has 0 atom stereocenters. The van der Waals surface area contributed by atoms with Crippen molar-refractivity contribution in [1.82, 2.24) is 5.32 Å². The second-order valence-corrected chi connectivity index (χ2v) is 5.75. The Bertz CT molecular complexity index is 857. The first kappa shape index (κ1) is 22.6. The van der Waals surface area contributed by atoms with Crippen molar-refractivity contribution in [2.45, 2.75) is 13.5 Å². The number of esters is 1. The van der Waals surface area contributed by atoms with Gasteiger partial charge in [0, 0.05) is 11.3 Å². The van der Waals surface area contributed by atoms with Crippen molar-refractivity contribution in [3.63, 3.8) is 0 Å². The van der Waals surface area contributed by atoms with Gasteiger partial charge in [0.15, 0.2) is 6.61 Å². The molecule has 0 bridgehead atoms. The molecule has 0 saturated carbocycles. The van der Waals surface area contributed by atoms with Crippen LogP contribution in [-0.4, -0.2) is 44.2 Å². The van der Waals surface area contributed by atoms with E-state index in [1.807, 2.05) is 6.92 Å². The molecular weight excluding hydrogens is 402 g/mol. The lowest BCUT2D eigenvalue weighted by Crippen LogP contribution is -2.32. The van der Waals surface area contributed by atoms with Gasteiger partial charge in [-0.1, -0.05) is 0 Å². The van der Waals surface area contributed by atoms with E-state index in [1.54, 1.807) is 24.3 Å². The summed E-state index contributed by atoms with van der Waals surface area (Å²) in [5, 5.41) is 4.81. The quantitative estimate of drug-likeness (QED) is 0.571. The fourth-order valence-corrected chi connectivity index (χ4v) is 2.24.